The number of hydrogen-bond acceptors (Lipinski definition) is 4. The lowest BCUT2D eigenvalue weighted by Crippen LogP contribution is -2.33. The first-order valence-electron chi connectivity index (χ1n) is 9.75. The Morgan fingerprint density at radius 3 is 2.47 bits per heavy atom. The number of pyridine rings is 1. The van der Waals surface area contributed by atoms with Gasteiger partial charge in [-0.05, 0) is 60.9 Å². The van der Waals surface area contributed by atoms with Crippen LogP contribution in [0.2, 0.25) is 0 Å². The van der Waals surface area contributed by atoms with Gasteiger partial charge in [0, 0.05) is 18.3 Å². The number of carbonyl (C=O) groups is 1. The lowest BCUT2D eigenvalue weighted by molar-refractivity contribution is -0.137. The fourth-order valence-corrected chi connectivity index (χ4v) is 3.01. The normalized spacial score (nSPS) is 14.7. The van der Waals surface area contributed by atoms with Crippen LogP contribution in [0.5, 0.6) is 11.6 Å². The van der Waals surface area contributed by atoms with Crippen molar-refractivity contribution in [1.29, 1.82) is 0 Å². The Hall–Kier alpha value is -3.46. The van der Waals surface area contributed by atoms with Gasteiger partial charge in [0.05, 0.1) is 16.7 Å². The number of nitrogens with zero attached hydrogens (tertiary/aromatic N) is 1. The van der Waals surface area contributed by atoms with E-state index in [2.05, 4.69) is 10.3 Å². The van der Waals surface area contributed by atoms with E-state index < -0.39 is 29.1 Å². The zero-order valence-electron chi connectivity index (χ0n) is 16.6. The van der Waals surface area contributed by atoms with Gasteiger partial charge < -0.3 is 15.2 Å². The first kappa shape index (κ1) is 21.8. The molecule has 1 fully saturated rings. The molecule has 1 saturated carbocycles. The third-order valence-corrected chi connectivity index (χ3v) is 5.05. The molecular weight excluding hydrogens is 428 g/mol. The van der Waals surface area contributed by atoms with E-state index in [4.69, 9.17) is 4.74 Å². The minimum absolute atomic E-state index is 0.00673. The van der Waals surface area contributed by atoms with E-state index in [1.54, 1.807) is 6.07 Å². The van der Waals surface area contributed by atoms with Crippen LogP contribution in [0.4, 0.5) is 17.6 Å². The zero-order chi connectivity index (χ0) is 22.9. The average Bonchev–Trinajstić information content (AvgIpc) is 3.49. The van der Waals surface area contributed by atoms with Gasteiger partial charge in [-0.15, -0.1) is 0 Å². The molecule has 3 aromatic rings. The van der Waals surface area contributed by atoms with Gasteiger partial charge in [-0.2, -0.15) is 13.2 Å². The molecule has 1 amide bonds. The summed E-state index contributed by atoms with van der Waals surface area (Å²) in [6.45, 7) is 0.102. The van der Waals surface area contributed by atoms with Crippen molar-refractivity contribution < 1.29 is 32.2 Å². The summed E-state index contributed by atoms with van der Waals surface area (Å²) in [5.74, 6) is -0.908. The highest BCUT2D eigenvalue weighted by Gasteiger charge is 2.40. The molecule has 5 nitrogen and oxygen atoms in total. The molecule has 2 aromatic carbocycles. The van der Waals surface area contributed by atoms with Crippen molar-refractivity contribution in [2.75, 3.05) is 6.54 Å². The number of amides is 1. The quantitative estimate of drug-likeness (QED) is 0.526. The molecule has 4 rings (SSSR count). The van der Waals surface area contributed by atoms with Gasteiger partial charge in [0.1, 0.15) is 11.6 Å². The van der Waals surface area contributed by atoms with Crippen LogP contribution in [0.1, 0.15) is 28.8 Å². The third kappa shape index (κ3) is 5.05. The third-order valence-electron chi connectivity index (χ3n) is 5.05. The second kappa shape index (κ2) is 8.23. The molecule has 1 aliphatic carbocycles. The molecule has 9 heteroatoms. The molecule has 1 heterocycles. The molecule has 0 atom stereocenters. The molecule has 166 valence electrons. The van der Waals surface area contributed by atoms with E-state index in [-0.39, 0.29) is 29.3 Å². The van der Waals surface area contributed by atoms with Crippen LogP contribution in [0.15, 0.2) is 60.8 Å². The molecule has 0 spiro atoms. The van der Waals surface area contributed by atoms with Gasteiger partial charge in [0.25, 0.3) is 5.91 Å². The van der Waals surface area contributed by atoms with Crippen LogP contribution < -0.4 is 10.1 Å². The number of alkyl halides is 3. The van der Waals surface area contributed by atoms with Gasteiger partial charge in [0.15, 0.2) is 0 Å². The van der Waals surface area contributed by atoms with Crippen LogP contribution in [0.3, 0.4) is 0 Å². The molecule has 2 N–H and O–H groups in total. The number of nitrogens with one attached hydrogen (secondary N) is 1. The Morgan fingerprint density at radius 1 is 1.12 bits per heavy atom. The van der Waals surface area contributed by atoms with Gasteiger partial charge >= 0.3 is 6.18 Å². The first-order valence-corrected chi connectivity index (χ1v) is 9.75. The molecule has 0 radical (unpaired) electrons. The number of aromatic nitrogens is 1. The Labute approximate surface area is 180 Å². The van der Waals surface area contributed by atoms with Crippen LogP contribution in [-0.2, 0) is 6.18 Å². The Bertz CT molecular complexity index is 1140. The van der Waals surface area contributed by atoms with Crippen molar-refractivity contribution in [3.05, 3.63) is 77.7 Å². The summed E-state index contributed by atoms with van der Waals surface area (Å²) < 4.78 is 57.8. The smallest absolute Gasteiger partial charge is 0.416 e. The van der Waals surface area contributed by atoms with Crippen molar-refractivity contribution in [1.82, 2.24) is 10.3 Å². The summed E-state index contributed by atoms with van der Waals surface area (Å²) in [4.78, 5) is 16.6. The topological polar surface area (TPSA) is 71.5 Å². The second-order valence-electron chi connectivity index (χ2n) is 7.62. The number of carbonyl (C=O) groups excluding carboxylic acids is 1. The highest BCUT2D eigenvalue weighted by molar-refractivity contribution is 5.95. The summed E-state index contributed by atoms with van der Waals surface area (Å²) in [6.07, 6.45) is -2.01. The number of ether oxygens (including phenoxy) is 1. The van der Waals surface area contributed by atoms with E-state index in [0.717, 1.165) is 24.3 Å². The van der Waals surface area contributed by atoms with E-state index in [1.165, 1.54) is 30.5 Å². The minimum atomic E-state index is -4.48. The number of halogens is 4. The monoisotopic (exact) mass is 446 g/mol. The maximum atomic E-state index is 13.8. The van der Waals surface area contributed by atoms with E-state index in [9.17, 15) is 27.5 Å². The van der Waals surface area contributed by atoms with E-state index >= 15 is 0 Å². The summed E-state index contributed by atoms with van der Waals surface area (Å²) >= 11 is 0. The SMILES string of the molecule is O=C(NCC1(O)CC1)c1cnc(Oc2ccc(C(F)(F)F)cc2)c(-c2cccc(F)c2)c1. The van der Waals surface area contributed by atoms with E-state index in [0.29, 0.717) is 18.4 Å². The van der Waals surface area contributed by atoms with Crippen molar-refractivity contribution in [2.24, 2.45) is 0 Å². The van der Waals surface area contributed by atoms with E-state index in [1.807, 2.05) is 0 Å². The molecule has 0 saturated heterocycles. The van der Waals surface area contributed by atoms with Gasteiger partial charge in [-0.3, -0.25) is 4.79 Å². The molecule has 0 bridgehead atoms. The maximum Gasteiger partial charge on any atom is 0.416 e. The molecule has 32 heavy (non-hydrogen) atoms. The Balaban J connectivity index is 1.64. The molecule has 0 unspecified atom stereocenters. The highest BCUT2D eigenvalue weighted by atomic mass is 19.4. The van der Waals surface area contributed by atoms with Crippen LogP contribution >= 0.6 is 0 Å². The van der Waals surface area contributed by atoms with Gasteiger partial charge in [-0.25, -0.2) is 9.37 Å². The number of aliphatic hydroxyl groups is 1. The predicted octanol–water partition coefficient (Wildman–Crippen LogP) is 4.95. The lowest BCUT2D eigenvalue weighted by Gasteiger charge is -2.14. The Morgan fingerprint density at radius 2 is 1.84 bits per heavy atom. The fourth-order valence-electron chi connectivity index (χ4n) is 3.01. The minimum Gasteiger partial charge on any atom is -0.438 e. The highest BCUT2D eigenvalue weighted by Crippen LogP contribution is 2.36. The largest absolute Gasteiger partial charge is 0.438 e. The summed E-state index contributed by atoms with van der Waals surface area (Å²) in [5.41, 5.74) is -0.891. The molecular formula is C23H18F4N2O3. The van der Waals surface area contributed by atoms with Crippen molar-refractivity contribution in [2.45, 2.75) is 24.6 Å². The van der Waals surface area contributed by atoms with Crippen LogP contribution in [-0.4, -0.2) is 28.1 Å². The molecule has 0 aliphatic heterocycles. The predicted molar refractivity (Wildman–Crippen MR) is 108 cm³/mol. The summed E-state index contributed by atoms with van der Waals surface area (Å²) in [5, 5.41) is 12.5. The van der Waals surface area contributed by atoms with Crippen molar-refractivity contribution in [3.8, 4) is 22.8 Å². The first-order chi connectivity index (χ1) is 15.1. The van der Waals surface area contributed by atoms with Crippen LogP contribution in [0.25, 0.3) is 11.1 Å². The number of hydrogen-bond donors (Lipinski definition) is 2. The summed E-state index contributed by atoms with van der Waals surface area (Å²) in [6, 6.07) is 11.0. The summed E-state index contributed by atoms with van der Waals surface area (Å²) in [7, 11) is 0. The van der Waals surface area contributed by atoms with Crippen molar-refractivity contribution in [3.63, 3.8) is 0 Å². The van der Waals surface area contributed by atoms with Crippen LogP contribution in [0, 0.1) is 5.82 Å². The maximum absolute atomic E-state index is 13.8. The Kier molecular flexibility index (Phi) is 5.60. The molecule has 1 aliphatic rings. The molecule has 1 aromatic heterocycles. The van der Waals surface area contributed by atoms with Gasteiger partial charge in [-0.1, -0.05) is 12.1 Å². The van der Waals surface area contributed by atoms with Gasteiger partial charge in [0.2, 0.25) is 5.88 Å². The average molecular weight is 446 g/mol. The lowest BCUT2D eigenvalue weighted by atomic mass is 10.0. The number of rotatable bonds is 6. The standard InChI is InChI=1S/C23H18F4N2O3/c24-17-3-1-2-14(10-17)19-11-15(20(30)29-13-22(31)8-9-22)12-28-21(19)32-18-6-4-16(5-7-18)23(25,26)27/h1-7,10-12,31H,8-9,13H2,(H,29,30). The fraction of sp³-hybridized carbons (Fsp3) is 0.217. The second-order valence-corrected chi connectivity index (χ2v) is 7.62. The number of benzene rings is 2. The van der Waals surface area contributed by atoms with Crippen molar-refractivity contribution >= 4 is 5.91 Å². The zero-order valence-corrected chi connectivity index (χ0v) is 16.6.